The number of benzene rings is 2. The number of nitriles is 1. The smallest absolute Gasteiger partial charge is 0.474 e. The van der Waals surface area contributed by atoms with E-state index in [2.05, 4.69) is 50.9 Å². The van der Waals surface area contributed by atoms with E-state index in [1.165, 1.54) is 4.90 Å². The van der Waals surface area contributed by atoms with E-state index in [1.807, 2.05) is 32.0 Å². The Balaban J connectivity index is 0.666. The van der Waals surface area contributed by atoms with Gasteiger partial charge in [-0.15, -0.1) is 10.2 Å². The summed E-state index contributed by atoms with van der Waals surface area (Å²) in [6.07, 6.45) is 5.43. The Kier molecular flexibility index (Phi) is 21.3. The maximum Gasteiger partial charge on any atom is 0.508 e. The number of nitrogen functional groups attached to an aromatic ring is 1. The van der Waals surface area contributed by atoms with Crippen LogP contribution in [0, 0.1) is 17.2 Å². The number of fused-ring (bicyclic) bond motifs is 2. The molecule has 1 saturated carbocycles. The molecular formula is C61H78N11O16PS2. The fraction of sp³-hybridized carbons (Fsp3) is 0.541. The van der Waals surface area contributed by atoms with E-state index in [1.54, 1.807) is 81.6 Å². The fourth-order valence-corrected chi connectivity index (χ4v) is 15.5. The molecule has 5 aliphatic rings. The minimum Gasteiger partial charge on any atom is -0.474 e. The molecule has 3 aromatic heterocycles. The van der Waals surface area contributed by atoms with E-state index in [4.69, 9.17) is 48.5 Å². The number of phosphoric ester groups is 1. The minimum absolute atomic E-state index is 0.0134. The van der Waals surface area contributed by atoms with Crippen LogP contribution >= 0.6 is 18.6 Å². The Labute approximate surface area is 532 Å². The number of nitrogens with two attached hydrogens (primary N) is 1. The highest BCUT2D eigenvalue weighted by Gasteiger charge is 2.46. The van der Waals surface area contributed by atoms with Crippen molar-refractivity contribution in [2.24, 2.45) is 5.92 Å². The van der Waals surface area contributed by atoms with Crippen LogP contribution in [0.25, 0.3) is 11.3 Å². The first kappa shape index (κ1) is 66.6. The summed E-state index contributed by atoms with van der Waals surface area (Å²) in [5, 5.41) is 24.4. The first-order valence-electron chi connectivity index (χ1n) is 30.5. The number of carbonyl (C=O) groups excluding carboxylic acids is 3. The molecule has 5 aromatic rings. The molecule has 2 amide bonds. The van der Waals surface area contributed by atoms with Gasteiger partial charge in [-0.2, -0.15) is 5.26 Å². The maximum atomic E-state index is 14.7. The van der Waals surface area contributed by atoms with Crippen molar-refractivity contribution in [1.82, 2.24) is 35.5 Å². The van der Waals surface area contributed by atoms with Crippen molar-refractivity contribution in [3.8, 4) is 34.8 Å². The molecule has 8 atom stereocenters. The van der Waals surface area contributed by atoms with Gasteiger partial charge in [0.2, 0.25) is 17.7 Å². The second kappa shape index (κ2) is 29.1. The number of carbonyl (C=O) groups is 3. The average Bonchev–Trinajstić information content (AvgIpc) is 1.72. The number of piperazine rings is 1. The molecule has 10 rings (SSSR count). The van der Waals surface area contributed by atoms with Gasteiger partial charge < -0.3 is 68.5 Å². The SMILES string of the molecule is CC(C)C(C(=O)N1C[C@H](OC(=O)OC(C)C(C)SS(C)(=O)=O)C[C@H]1C(=O)N[C@@H](C)c1ccc(C#N)cc1)c1cc(OCCN2CCC(O[C@H]3C[C@H](Oc4cc(N5C6CCC5CN(c5cc(-c7ccccc7OCOP(=O)(O)O)nnc5N)C6)ccn4)C3)CC2)no1. The van der Waals surface area contributed by atoms with E-state index in [-0.39, 0.29) is 60.9 Å². The molecule has 5 unspecified atom stereocenters. The molecule has 1 aliphatic carbocycles. The minimum atomic E-state index is -4.73. The normalized spacial score (nSPS) is 22.5. The summed E-state index contributed by atoms with van der Waals surface area (Å²) in [6, 6.07) is 22.2. The summed E-state index contributed by atoms with van der Waals surface area (Å²) >= 11 is 0. The lowest BCUT2D eigenvalue weighted by atomic mass is 9.91. The summed E-state index contributed by atoms with van der Waals surface area (Å²) in [7, 11) is -7.50. The number of ether oxygens (including phenoxy) is 6. The topological polar surface area (TPSA) is 347 Å². The van der Waals surface area contributed by atoms with Gasteiger partial charge in [-0.3, -0.25) is 14.5 Å². The molecule has 27 nitrogen and oxygen atoms in total. The number of rotatable bonds is 26. The van der Waals surface area contributed by atoms with Gasteiger partial charge in [0.15, 0.2) is 27.2 Å². The Bertz CT molecular complexity index is 3550. The lowest BCUT2D eigenvalue weighted by molar-refractivity contribution is -0.141. The first-order chi connectivity index (χ1) is 43.4. The predicted molar refractivity (Wildman–Crippen MR) is 334 cm³/mol. The molecule has 30 heteroatoms. The zero-order valence-corrected chi connectivity index (χ0v) is 54.0. The number of para-hydroxylation sites is 1. The number of phosphoric acid groups is 1. The first-order valence-corrected chi connectivity index (χ1v) is 35.3. The molecule has 91 heavy (non-hydrogen) atoms. The molecular weight excluding hydrogens is 1240 g/mol. The number of nitrogens with one attached hydrogen (secondary N) is 1. The van der Waals surface area contributed by atoms with Gasteiger partial charge in [0, 0.05) is 99.9 Å². The highest BCUT2D eigenvalue weighted by Crippen LogP contribution is 2.42. The number of piperidine rings is 1. The van der Waals surface area contributed by atoms with Crippen molar-refractivity contribution in [3.05, 3.63) is 95.9 Å². The van der Waals surface area contributed by atoms with E-state index in [0.717, 1.165) is 74.8 Å². The summed E-state index contributed by atoms with van der Waals surface area (Å²) in [6.45, 7) is 11.8. The van der Waals surface area contributed by atoms with Crippen LogP contribution < -0.4 is 35.1 Å². The van der Waals surface area contributed by atoms with E-state index >= 15 is 0 Å². The van der Waals surface area contributed by atoms with Crippen LogP contribution in [0.2, 0.25) is 0 Å². The van der Waals surface area contributed by atoms with Crippen LogP contribution in [0.4, 0.5) is 22.0 Å². The predicted octanol–water partition coefficient (Wildman–Crippen LogP) is 6.96. The van der Waals surface area contributed by atoms with Gasteiger partial charge in [-0.05, 0) is 110 Å². The van der Waals surface area contributed by atoms with Crippen LogP contribution in [0.1, 0.15) is 108 Å². The van der Waals surface area contributed by atoms with Crippen molar-refractivity contribution in [2.75, 3.05) is 74.5 Å². The van der Waals surface area contributed by atoms with E-state index in [0.29, 0.717) is 71.3 Å². The van der Waals surface area contributed by atoms with Crippen molar-refractivity contribution < 1.29 is 74.6 Å². The lowest BCUT2D eigenvalue weighted by Gasteiger charge is -2.43. The Morgan fingerprint density at radius 3 is 2.30 bits per heavy atom. The van der Waals surface area contributed by atoms with Gasteiger partial charge >= 0.3 is 14.0 Å². The number of nitrogens with zero attached hydrogens (tertiary/aromatic N) is 9. The molecule has 0 radical (unpaired) electrons. The monoisotopic (exact) mass is 1320 g/mol. The number of amides is 2. The summed E-state index contributed by atoms with van der Waals surface area (Å²) < 4.78 is 81.0. The molecule has 0 spiro atoms. The average molecular weight is 1320 g/mol. The van der Waals surface area contributed by atoms with E-state index < -0.39 is 76.9 Å². The molecule has 490 valence electrons. The number of hydrogen-bond acceptors (Lipinski definition) is 24. The summed E-state index contributed by atoms with van der Waals surface area (Å²) in [5.41, 5.74) is 10.5. The third-order valence-electron chi connectivity index (χ3n) is 17.2. The zero-order valence-electron chi connectivity index (χ0n) is 51.5. The largest absolute Gasteiger partial charge is 0.508 e. The quantitative estimate of drug-likeness (QED) is 0.0188. The number of aromatic nitrogens is 4. The van der Waals surface area contributed by atoms with Gasteiger partial charge in [-0.25, -0.2) is 27.3 Å². The number of likely N-dealkylation sites (tertiary alicyclic amines) is 2. The van der Waals surface area contributed by atoms with Crippen molar-refractivity contribution >= 4 is 62.6 Å². The molecule has 7 heterocycles. The molecule has 5 N–H and O–H groups in total. The third kappa shape index (κ3) is 17.3. The number of anilines is 3. The van der Waals surface area contributed by atoms with Gasteiger partial charge in [0.1, 0.15) is 42.6 Å². The second-order valence-electron chi connectivity index (χ2n) is 24.1. The molecule has 2 bridgehead atoms. The van der Waals surface area contributed by atoms with Crippen LogP contribution in [0.3, 0.4) is 0 Å². The fourth-order valence-electron chi connectivity index (χ4n) is 12.4. The van der Waals surface area contributed by atoms with Crippen molar-refractivity contribution in [3.63, 3.8) is 0 Å². The Hall–Kier alpha value is -7.29. The summed E-state index contributed by atoms with van der Waals surface area (Å²) in [4.78, 5) is 73.1. The van der Waals surface area contributed by atoms with Crippen LogP contribution in [-0.4, -0.2) is 179 Å². The Morgan fingerprint density at radius 1 is 0.879 bits per heavy atom. The van der Waals surface area contributed by atoms with Crippen molar-refractivity contribution in [2.45, 2.75) is 145 Å². The number of pyridine rings is 1. The molecule has 5 fully saturated rings. The van der Waals surface area contributed by atoms with Gasteiger partial charge in [0.05, 0.1) is 53.1 Å². The highest BCUT2D eigenvalue weighted by molar-refractivity contribution is 8.72. The Morgan fingerprint density at radius 2 is 1.60 bits per heavy atom. The maximum absolute atomic E-state index is 14.7. The van der Waals surface area contributed by atoms with Gasteiger partial charge in [-0.1, -0.05) is 38.1 Å². The molecule has 4 aliphatic heterocycles. The second-order valence-corrected chi connectivity index (χ2v) is 30.1. The lowest BCUT2D eigenvalue weighted by Crippen LogP contribution is -2.54. The molecule has 2 aromatic carbocycles. The zero-order chi connectivity index (χ0) is 64.7. The van der Waals surface area contributed by atoms with Crippen LogP contribution in [0.5, 0.6) is 17.5 Å². The van der Waals surface area contributed by atoms with Crippen molar-refractivity contribution in [1.29, 1.82) is 5.26 Å². The van der Waals surface area contributed by atoms with Crippen LogP contribution in [-0.2, 0) is 41.8 Å². The molecule has 4 saturated heterocycles. The van der Waals surface area contributed by atoms with Gasteiger partial charge in [0.25, 0.3) is 5.88 Å². The highest BCUT2D eigenvalue weighted by atomic mass is 33.1. The van der Waals surface area contributed by atoms with Crippen LogP contribution in [0.15, 0.2) is 83.5 Å². The van der Waals surface area contributed by atoms with E-state index in [9.17, 15) is 32.6 Å². The third-order valence-corrected chi connectivity index (χ3v) is 20.6. The standard InChI is InChI=1S/C61H78N11O16PS2/c1-36(2)57(60(74)71-34-48(87-61(75)84-38(4)39(5)90-91(6,79)80)28-52(71)59(73)65-37(3)41-13-11-40(31-62)12-14-41)54-30-56(68-88-54)81-24-23-69-21-18-45(19-22-69)85-46-26-47(27-46)86-55-25-42(17-20-64-55)72-43-15-16-44(72)33-70(32-43)51-29-50(66-67-58(51)63)49-9-7-8-10-53(49)82-35-83-89(76,77)78/h7-14,17,20,25,29-30,36-39,43-48,52,57H,15-16,18-19,21-24,26-28,32-35H2,1-6H3,(H2,63,67)(H,65,73)(H2,76,77,78)/t37-,38?,39?,43?,44?,46-,47-,48+,52-,57?/m0/s1. The number of hydrogen-bond donors (Lipinski definition) is 4. The summed E-state index contributed by atoms with van der Waals surface area (Å²) in [5.74, 6) is -0.499.